The summed E-state index contributed by atoms with van der Waals surface area (Å²) in [5.41, 5.74) is 0.752. The number of carbonyl (C=O) groups excluding carboxylic acids is 2. The molecule has 0 aliphatic heterocycles. The second-order valence-electron chi connectivity index (χ2n) is 4.70. The monoisotopic (exact) mass is 340 g/mol. The molecule has 0 atom stereocenters. The Morgan fingerprint density at radius 1 is 1.23 bits per heavy atom. The lowest BCUT2D eigenvalue weighted by Crippen LogP contribution is -2.35. The van der Waals surface area contributed by atoms with Crippen LogP contribution in [0.3, 0.4) is 0 Å². The van der Waals surface area contributed by atoms with Crippen LogP contribution in [0.1, 0.15) is 16.1 Å². The molecule has 116 valence electrons. The summed E-state index contributed by atoms with van der Waals surface area (Å²) < 4.78 is 5.08. The van der Waals surface area contributed by atoms with Gasteiger partial charge in [-0.3, -0.25) is 9.59 Å². The topological polar surface area (TPSA) is 62.6 Å². The van der Waals surface area contributed by atoms with Crippen LogP contribution in [-0.4, -0.2) is 30.3 Å². The molecule has 2 amide bonds. The average Bonchev–Trinajstić information content (AvgIpc) is 2.88. The van der Waals surface area contributed by atoms with E-state index >= 15 is 0 Å². The minimum absolute atomic E-state index is 0.134. The maximum absolute atomic E-state index is 12.2. The van der Waals surface area contributed by atoms with Crippen LogP contribution in [0.5, 0.6) is 0 Å². The lowest BCUT2D eigenvalue weighted by Gasteiger charge is -2.17. The van der Waals surface area contributed by atoms with Crippen LogP contribution in [0.25, 0.3) is 0 Å². The van der Waals surface area contributed by atoms with Crippen molar-refractivity contribution in [2.75, 3.05) is 18.9 Å². The highest BCUT2D eigenvalue weighted by Crippen LogP contribution is 2.29. The molecular formula is C15H14Cl2N2O3. The third-order valence-corrected chi connectivity index (χ3v) is 3.67. The fourth-order valence-electron chi connectivity index (χ4n) is 1.90. The van der Waals surface area contributed by atoms with Crippen molar-refractivity contribution in [2.24, 2.45) is 0 Å². The number of carbonyl (C=O) groups is 2. The van der Waals surface area contributed by atoms with Crippen LogP contribution < -0.4 is 5.32 Å². The van der Waals surface area contributed by atoms with E-state index in [9.17, 15) is 9.59 Å². The van der Waals surface area contributed by atoms with Crippen LogP contribution in [0, 0.1) is 6.92 Å². The van der Waals surface area contributed by atoms with Gasteiger partial charge in [0.1, 0.15) is 5.76 Å². The first-order valence-corrected chi connectivity index (χ1v) is 7.19. The van der Waals surface area contributed by atoms with Crippen molar-refractivity contribution in [3.8, 4) is 0 Å². The molecule has 0 saturated carbocycles. The van der Waals surface area contributed by atoms with E-state index in [1.54, 1.807) is 31.2 Å². The predicted octanol–water partition coefficient (Wildman–Crippen LogP) is 3.61. The van der Waals surface area contributed by atoms with Crippen LogP contribution in [0.15, 0.2) is 34.9 Å². The van der Waals surface area contributed by atoms with Crippen molar-refractivity contribution in [3.05, 3.63) is 51.9 Å². The van der Waals surface area contributed by atoms with Gasteiger partial charge in [0.2, 0.25) is 5.91 Å². The molecule has 1 N–H and O–H groups in total. The van der Waals surface area contributed by atoms with E-state index < -0.39 is 5.91 Å². The van der Waals surface area contributed by atoms with Crippen molar-refractivity contribution in [1.29, 1.82) is 0 Å². The van der Waals surface area contributed by atoms with Crippen LogP contribution in [0.2, 0.25) is 10.0 Å². The van der Waals surface area contributed by atoms with Gasteiger partial charge in [-0.25, -0.2) is 0 Å². The molecule has 0 unspecified atom stereocenters. The highest BCUT2D eigenvalue weighted by molar-refractivity contribution is 6.39. The number of aryl methyl sites for hydroxylation is 1. The highest BCUT2D eigenvalue weighted by Gasteiger charge is 2.19. The van der Waals surface area contributed by atoms with Gasteiger partial charge in [-0.15, -0.1) is 0 Å². The Hall–Kier alpha value is -1.98. The summed E-state index contributed by atoms with van der Waals surface area (Å²) in [7, 11) is 1.53. The number of para-hydroxylation sites is 1. The number of furan rings is 1. The summed E-state index contributed by atoms with van der Waals surface area (Å²) in [5.74, 6) is -0.190. The quantitative estimate of drug-likeness (QED) is 0.924. The number of anilines is 1. The van der Waals surface area contributed by atoms with E-state index in [1.807, 2.05) is 0 Å². The van der Waals surface area contributed by atoms with Gasteiger partial charge in [-0.05, 0) is 25.1 Å². The van der Waals surface area contributed by atoms with Crippen molar-refractivity contribution in [3.63, 3.8) is 0 Å². The molecular weight excluding hydrogens is 327 g/mol. The minimum Gasteiger partial charge on any atom is -0.469 e. The molecule has 0 saturated heterocycles. The van der Waals surface area contributed by atoms with E-state index in [2.05, 4.69) is 5.32 Å². The molecule has 1 heterocycles. The molecule has 7 heteroatoms. The van der Waals surface area contributed by atoms with Gasteiger partial charge in [0.05, 0.1) is 34.1 Å². The average molecular weight is 341 g/mol. The van der Waals surface area contributed by atoms with Gasteiger partial charge < -0.3 is 14.6 Å². The Labute approximate surface area is 137 Å². The van der Waals surface area contributed by atoms with Gasteiger partial charge in [-0.1, -0.05) is 29.3 Å². The minimum atomic E-state index is -0.396. The van der Waals surface area contributed by atoms with Gasteiger partial charge in [0.15, 0.2) is 0 Å². The number of nitrogens with zero attached hydrogens (tertiary/aromatic N) is 1. The zero-order valence-electron chi connectivity index (χ0n) is 12.0. The lowest BCUT2D eigenvalue weighted by atomic mass is 10.2. The first kappa shape index (κ1) is 16.4. The second kappa shape index (κ2) is 6.85. The number of hydrogen-bond acceptors (Lipinski definition) is 3. The lowest BCUT2D eigenvalue weighted by molar-refractivity contribution is -0.116. The number of rotatable bonds is 4. The molecule has 0 radical (unpaired) electrons. The normalized spacial score (nSPS) is 10.4. The Morgan fingerprint density at radius 3 is 2.41 bits per heavy atom. The van der Waals surface area contributed by atoms with Crippen molar-refractivity contribution < 1.29 is 14.0 Å². The Kier molecular flexibility index (Phi) is 5.11. The standard InChI is InChI=1S/C15H14Cl2N2O3/c1-9-10(6-7-22-9)15(21)19(2)8-13(20)18-14-11(16)4-3-5-12(14)17/h3-7H,8H2,1-2H3,(H,18,20). The number of nitrogens with one attached hydrogen (secondary N) is 1. The molecule has 22 heavy (non-hydrogen) atoms. The smallest absolute Gasteiger partial charge is 0.257 e. The number of likely N-dealkylation sites (N-methyl/N-ethyl adjacent to an activating group) is 1. The largest absolute Gasteiger partial charge is 0.469 e. The summed E-state index contributed by atoms with van der Waals surface area (Å²) in [5, 5.41) is 3.27. The van der Waals surface area contributed by atoms with Crippen molar-refractivity contribution in [1.82, 2.24) is 4.90 Å². The Bertz CT molecular complexity index is 692. The zero-order valence-corrected chi connectivity index (χ0v) is 13.5. The fraction of sp³-hybridized carbons (Fsp3) is 0.200. The summed E-state index contributed by atoms with van der Waals surface area (Å²) in [6.45, 7) is 1.55. The Morgan fingerprint density at radius 2 is 1.86 bits per heavy atom. The molecule has 0 fully saturated rings. The molecule has 0 aliphatic carbocycles. The Balaban J connectivity index is 2.03. The first-order chi connectivity index (χ1) is 10.4. The molecule has 5 nitrogen and oxygen atoms in total. The van der Waals surface area contributed by atoms with E-state index in [1.165, 1.54) is 18.2 Å². The summed E-state index contributed by atoms with van der Waals surface area (Å²) in [6, 6.07) is 6.48. The maximum atomic E-state index is 12.2. The predicted molar refractivity (Wildman–Crippen MR) is 85.5 cm³/mol. The maximum Gasteiger partial charge on any atom is 0.257 e. The number of benzene rings is 1. The van der Waals surface area contributed by atoms with E-state index in [-0.39, 0.29) is 12.5 Å². The van der Waals surface area contributed by atoms with Gasteiger partial charge in [-0.2, -0.15) is 0 Å². The second-order valence-corrected chi connectivity index (χ2v) is 5.51. The molecule has 2 rings (SSSR count). The summed E-state index contributed by atoms with van der Waals surface area (Å²) in [6.07, 6.45) is 1.43. The van der Waals surface area contributed by atoms with Gasteiger partial charge in [0.25, 0.3) is 5.91 Å². The number of hydrogen-bond donors (Lipinski definition) is 1. The molecule has 0 spiro atoms. The van der Waals surface area contributed by atoms with Crippen LogP contribution in [0.4, 0.5) is 5.69 Å². The number of halogens is 2. The first-order valence-electron chi connectivity index (χ1n) is 6.43. The molecule has 0 bridgehead atoms. The molecule has 2 aromatic rings. The summed E-state index contributed by atoms with van der Waals surface area (Å²) in [4.78, 5) is 25.5. The van der Waals surface area contributed by atoms with Crippen molar-refractivity contribution in [2.45, 2.75) is 6.92 Å². The molecule has 0 aliphatic rings. The van der Waals surface area contributed by atoms with Gasteiger partial charge >= 0.3 is 0 Å². The fourth-order valence-corrected chi connectivity index (χ4v) is 2.39. The molecule has 1 aromatic heterocycles. The number of amides is 2. The summed E-state index contributed by atoms with van der Waals surface area (Å²) >= 11 is 12.0. The highest BCUT2D eigenvalue weighted by atomic mass is 35.5. The van der Waals surface area contributed by atoms with E-state index in [0.717, 1.165) is 0 Å². The van der Waals surface area contributed by atoms with Crippen molar-refractivity contribution >= 4 is 40.7 Å². The van der Waals surface area contributed by atoms with Crippen LogP contribution in [-0.2, 0) is 4.79 Å². The van der Waals surface area contributed by atoms with E-state index in [4.69, 9.17) is 27.6 Å². The zero-order chi connectivity index (χ0) is 16.3. The van der Waals surface area contributed by atoms with E-state index in [0.29, 0.717) is 27.1 Å². The third kappa shape index (κ3) is 3.61. The SMILES string of the molecule is Cc1occc1C(=O)N(C)CC(=O)Nc1c(Cl)cccc1Cl. The van der Waals surface area contributed by atoms with Crippen LogP contribution >= 0.6 is 23.2 Å². The molecule has 1 aromatic carbocycles. The third-order valence-electron chi connectivity index (χ3n) is 3.04. The van der Waals surface area contributed by atoms with Gasteiger partial charge in [0, 0.05) is 7.05 Å².